The highest BCUT2D eigenvalue weighted by Crippen LogP contribution is 2.24. The van der Waals surface area contributed by atoms with Gasteiger partial charge in [0.1, 0.15) is 12.0 Å². The first-order chi connectivity index (χ1) is 10.4. The molecule has 0 bridgehead atoms. The molecular weight excluding hydrogens is 280 g/mol. The van der Waals surface area contributed by atoms with E-state index in [9.17, 15) is 0 Å². The zero-order chi connectivity index (χ0) is 14.3. The summed E-state index contributed by atoms with van der Waals surface area (Å²) >= 11 is 1.66. The van der Waals surface area contributed by atoms with Gasteiger partial charge in [0.05, 0.1) is 0 Å². The molecule has 4 heteroatoms. The van der Waals surface area contributed by atoms with Gasteiger partial charge in [-0.15, -0.1) is 0 Å². The molecule has 0 fully saturated rings. The molecule has 0 saturated heterocycles. The highest BCUT2D eigenvalue weighted by Gasteiger charge is 2.06. The summed E-state index contributed by atoms with van der Waals surface area (Å²) in [6, 6.07) is 14.2. The van der Waals surface area contributed by atoms with Crippen molar-refractivity contribution in [3.8, 4) is 11.3 Å². The largest absolute Gasteiger partial charge is 0.439 e. The first kappa shape index (κ1) is 13.9. The third-order valence-corrected chi connectivity index (χ3v) is 4.06. The van der Waals surface area contributed by atoms with E-state index in [1.165, 1.54) is 5.56 Å². The Kier molecular flexibility index (Phi) is 4.69. The minimum absolute atomic E-state index is 0.739. The topological polar surface area (TPSA) is 38.9 Å². The molecule has 2 heterocycles. The molecule has 0 saturated carbocycles. The number of aryl methyl sites for hydroxylation is 1. The van der Waals surface area contributed by atoms with Crippen molar-refractivity contribution in [2.45, 2.75) is 18.1 Å². The molecule has 1 aromatic carbocycles. The van der Waals surface area contributed by atoms with Gasteiger partial charge in [-0.1, -0.05) is 42.1 Å². The molecular formula is C17H16N2OS. The molecule has 3 aromatic rings. The molecule has 2 aromatic heterocycles. The lowest BCUT2D eigenvalue weighted by molar-refractivity contribution is 0.454. The Morgan fingerprint density at radius 1 is 1.00 bits per heavy atom. The average Bonchev–Trinajstić information content (AvgIpc) is 3.02. The first-order valence-electron chi connectivity index (χ1n) is 6.94. The molecule has 0 radical (unpaired) electrons. The van der Waals surface area contributed by atoms with Gasteiger partial charge >= 0.3 is 0 Å². The van der Waals surface area contributed by atoms with E-state index in [0.29, 0.717) is 0 Å². The Balaban J connectivity index is 1.49. The second-order valence-electron chi connectivity index (χ2n) is 4.67. The monoisotopic (exact) mass is 296 g/mol. The predicted octanol–water partition coefficient (Wildman–Crippen LogP) is 4.46. The number of rotatable bonds is 6. The molecule has 3 rings (SSSR count). The summed E-state index contributed by atoms with van der Waals surface area (Å²) < 4.78 is 5.51. The van der Waals surface area contributed by atoms with Crippen LogP contribution in [-0.2, 0) is 6.42 Å². The summed E-state index contributed by atoms with van der Waals surface area (Å²) in [4.78, 5) is 8.53. The molecule has 0 atom stereocenters. The molecule has 21 heavy (non-hydrogen) atoms. The van der Waals surface area contributed by atoms with Crippen LogP contribution in [0.25, 0.3) is 11.3 Å². The molecule has 0 aliphatic heterocycles. The number of hydrogen-bond acceptors (Lipinski definition) is 4. The summed E-state index contributed by atoms with van der Waals surface area (Å²) in [6.45, 7) is 0. The maximum atomic E-state index is 5.51. The highest BCUT2D eigenvalue weighted by atomic mass is 32.2. The molecule has 106 valence electrons. The number of nitrogens with zero attached hydrogens (tertiary/aromatic N) is 2. The molecule has 0 N–H and O–H groups in total. The van der Waals surface area contributed by atoms with Crippen LogP contribution in [0.4, 0.5) is 0 Å². The fourth-order valence-corrected chi connectivity index (χ4v) is 2.79. The van der Waals surface area contributed by atoms with Gasteiger partial charge in [0.2, 0.25) is 0 Å². The molecule has 0 amide bonds. The molecule has 0 aliphatic carbocycles. The lowest BCUT2D eigenvalue weighted by Gasteiger charge is -1.99. The summed E-state index contributed by atoms with van der Waals surface area (Å²) in [5, 5.41) is 0.739. The number of benzene rings is 1. The third kappa shape index (κ3) is 3.95. The minimum Gasteiger partial charge on any atom is -0.439 e. The van der Waals surface area contributed by atoms with Crippen molar-refractivity contribution < 1.29 is 4.42 Å². The Morgan fingerprint density at radius 2 is 1.81 bits per heavy atom. The number of thioether (sulfide) groups is 1. The van der Waals surface area contributed by atoms with E-state index in [0.717, 1.165) is 35.1 Å². The zero-order valence-electron chi connectivity index (χ0n) is 11.6. The summed E-state index contributed by atoms with van der Waals surface area (Å²) in [7, 11) is 0. The highest BCUT2D eigenvalue weighted by molar-refractivity contribution is 7.99. The quantitative estimate of drug-likeness (QED) is 0.497. The molecule has 0 unspecified atom stereocenters. The van der Waals surface area contributed by atoms with E-state index >= 15 is 0 Å². The van der Waals surface area contributed by atoms with Gasteiger partial charge in [-0.2, -0.15) is 0 Å². The van der Waals surface area contributed by atoms with Gasteiger partial charge in [0, 0.05) is 23.7 Å². The Bertz CT molecular complexity index is 668. The van der Waals surface area contributed by atoms with E-state index < -0.39 is 0 Å². The summed E-state index contributed by atoms with van der Waals surface area (Å²) in [5.41, 5.74) is 3.31. The standard InChI is InChI=1S/C17H16N2OS/c1-2-6-15(7-3-1)16-13-20-17(19-16)21-12-4-5-14-8-10-18-11-9-14/h1-3,6-11,13H,4-5,12H2. The van der Waals surface area contributed by atoms with Crippen LogP contribution in [0.5, 0.6) is 0 Å². The van der Waals surface area contributed by atoms with Gasteiger partial charge < -0.3 is 4.42 Å². The lowest BCUT2D eigenvalue weighted by atomic mass is 10.2. The number of aromatic nitrogens is 2. The van der Waals surface area contributed by atoms with E-state index in [4.69, 9.17) is 4.42 Å². The van der Waals surface area contributed by atoms with Crippen molar-refractivity contribution in [3.05, 3.63) is 66.7 Å². The summed E-state index contributed by atoms with van der Waals surface area (Å²) in [5.74, 6) is 0.997. The minimum atomic E-state index is 0.739. The van der Waals surface area contributed by atoms with Crippen molar-refractivity contribution in [2.24, 2.45) is 0 Å². The van der Waals surface area contributed by atoms with Crippen LogP contribution in [0, 0.1) is 0 Å². The van der Waals surface area contributed by atoms with Gasteiger partial charge in [0.15, 0.2) is 0 Å². The lowest BCUT2D eigenvalue weighted by Crippen LogP contribution is -1.88. The number of hydrogen-bond donors (Lipinski definition) is 0. The van der Waals surface area contributed by atoms with E-state index in [1.54, 1.807) is 18.0 Å². The third-order valence-electron chi connectivity index (χ3n) is 3.14. The Morgan fingerprint density at radius 3 is 2.62 bits per heavy atom. The predicted molar refractivity (Wildman–Crippen MR) is 85.2 cm³/mol. The van der Waals surface area contributed by atoms with Crippen molar-refractivity contribution in [3.63, 3.8) is 0 Å². The van der Waals surface area contributed by atoms with Gasteiger partial charge in [-0.25, -0.2) is 4.98 Å². The zero-order valence-corrected chi connectivity index (χ0v) is 12.4. The Hall–Kier alpha value is -2.07. The van der Waals surface area contributed by atoms with Gasteiger partial charge in [0.25, 0.3) is 5.22 Å². The molecule has 0 aliphatic rings. The van der Waals surface area contributed by atoms with Gasteiger partial charge in [-0.3, -0.25) is 4.98 Å². The first-order valence-corrected chi connectivity index (χ1v) is 7.93. The van der Waals surface area contributed by atoms with Crippen LogP contribution >= 0.6 is 11.8 Å². The van der Waals surface area contributed by atoms with Gasteiger partial charge in [-0.05, 0) is 30.5 Å². The summed E-state index contributed by atoms with van der Waals surface area (Å²) in [6.07, 6.45) is 7.55. The Labute approximate surface area is 128 Å². The second-order valence-corrected chi connectivity index (χ2v) is 5.72. The van der Waals surface area contributed by atoms with Crippen LogP contribution in [0.15, 0.2) is 70.8 Å². The number of oxazole rings is 1. The van der Waals surface area contributed by atoms with E-state index in [-0.39, 0.29) is 0 Å². The second kappa shape index (κ2) is 7.09. The van der Waals surface area contributed by atoms with Crippen LogP contribution < -0.4 is 0 Å². The maximum Gasteiger partial charge on any atom is 0.256 e. The van der Waals surface area contributed by atoms with E-state index in [1.807, 2.05) is 42.7 Å². The average molecular weight is 296 g/mol. The normalized spacial score (nSPS) is 10.7. The SMILES string of the molecule is c1ccc(-c2coc(SCCCc3ccncc3)n2)cc1. The van der Waals surface area contributed by atoms with Crippen LogP contribution in [0.3, 0.4) is 0 Å². The van der Waals surface area contributed by atoms with Crippen LogP contribution in [0.1, 0.15) is 12.0 Å². The van der Waals surface area contributed by atoms with Crippen molar-refractivity contribution in [1.82, 2.24) is 9.97 Å². The fraction of sp³-hybridized carbons (Fsp3) is 0.176. The van der Waals surface area contributed by atoms with Crippen molar-refractivity contribution in [1.29, 1.82) is 0 Å². The number of pyridine rings is 1. The van der Waals surface area contributed by atoms with Crippen LogP contribution in [0.2, 0.25) is 0 Å². The van der Waals surface area contributed by atoms with E-state index in [2.05, 4.69) is 22.1 Å². The van der Waals surface area contributed by atoms with Crippen LogP contribution in [-0.4, -0.2) is 15.7 Å². The maximum absolute atomic E-state index is 5.51. The molecule has 3 nitrogen and oxygen atoms in total. The van der Waals surface area contributed by atoms with Crippen molar-refractivity contribution in [2.75, 3.05) is 5.75 Å². The molecule has 0 spiro atoms. The smallest absolute Gasteiger partial charge is 0.256 e. The fourth-order valence-electron chi connectivity index (χ4n) is 2.05. The van der Waals surface area contributed by atoms with Crippen molar-refractivity contribution >= 4 is 11.8 Å².